The Morgan fingerprint density at radius 1 is 1.20 bits per heavy atom. The van der Waals surface area contributed by atoms with E-state index in [0.29, 0.717) is 22.6 Å². The Morgan fingerprint density at radius 2 is 1.95 bits per heavy atom. The van der Waals surface area contributed by atoms with Crippen LogP contribution in [0, 0.1) is 11.7 Å². The molecule has 0 bridgehead atoms. The molecular weight excluding hydrogens is 537 g/mol. The maximum atomic E-state index is 14.6. The van der Waals surface area contributed by atoms with Crippen LogP contribution in [0.2, 0.25) is 0 Å². The molecule has 0 aliphatic carbocycles. The lowest BCUT2D eigenvalue weighted by atomic mass is 10.0. The van der Waals surface area contributed by atoms with Gasteiger partial charge in [0.15, 0.2) is 0 Å². The first-order chi connectivity index (χ1) is 19.0. The summed E-state index contributed by atoms with van der Waals surface area (Å²) in [5, 5.41) is 12.7. The molecule has 0 unspecified atom stereocenters. The largest absolute Gasteiger partial charge is 0.497 e. The summed E-state index contributed by atoms with van der Waals surface area (Å²) in [5.41, 5.74) is 1.30. The van der Waals surface area contributed by atoms with Crippen molar-refractivity contribution in [1.29, 1.82) is 0 Å². The highest BCUT2D eigenvalue weighted by Crippen LogP contribution is 2.37. The van der Waals surface area contributed by atoms with Crippen LogP contribution in [0.3, 0.4) is 0 Å². The van der Waals surface area contributed by atoms with Gasteiger partial charge in [0.25, 0.3) is 0 Å². The quantitative estimate of drug-likeness (QED) is 0.434. The number of ether oxygens (including phenoxy) is 2. The van der Waals surface area contributed by atoms with Crippen LogP contribution in [0.4, 0.5) is 14.9 Å². The molecule has 0 saturated carbocycles. The van der Waals surface area contributed by atoms with E-state index in [1.807, 2.05) is 6.92 Å². The summed E-state index contributed by atoms with van der Waals surface area (Å²) in [7, 11) is -0.906. The molecule has 214 valence electrons. The van der Waals surface area contributed by atoms with Crippen LogP contribution < -0.4 is 14.8 Å². The van der Waals surface area contributed by atoms with E-state index < -0.39 is 28.0 Å². The predicted molar refractivity (Wildman–Crippen MR) is 150 cm³/mol. The topological polar surface area (TPSA) is 108 Å². The summed E-state index contributed by atoms with van der Waals surface area (Å²) in [5.74, 6) is -0.181. The van der Waals surface area contributed by atoms with Crippen LogP contribution in [0.1, 0.15) is 13.8 Å². The number of carbonyl (C=O) groups is 1. The van der Waals surface area contributed by atoms with Crippen molar-refractivity contribution in [1.82, 2.24) is 9.21 Å². The number of urea groups is 1. The van der Waals surface area contributed by atoms with Gasteiger partial charge in [-0.05, 0) is 42.8 Å². The minimum Gasteiger partial charge on any atom is -0.497 e. The Balaban J connectivity index is 1.68. The fourth-order valence-electron chi connectivity index (χ4n) is 4.58. The van der Waals surface area contributed by atoms with Gasteiger partial charge in [0.05, 0.1) is 20.3 Å². The van der Waals surface area contributed by atoms with Crippen LogP contribution in [0.25, 0.3) is 11.1 Å². The second-order valence-electron chi connectivity index (χ2n) is 9.92. The lowest BCUT2D eigenvalue weighted by molar-refractivity contribution is 0.0830. The van der Waals surface area contributed by atoms with Gasteiger partial charge >= 0.3 is 6.03 Å². The van der Waals surface area contributed by atoms with Gasteiger partial charge in [0.1, 0.15) is 28.3 Å². The number of benzene rings is 3. The van der Waals surface area contributed by atoms with Gasteiger partial charge in [-0.15, -0.1) is 0 Å². The molecule has 9 nitrogen and oxygen atoms in total. The Morgan fingerprint density at radius 3 is 2.65 bits per heavy atom. The molecular formula is C29H34FN3O6S. The summed E-state index contributed by atoms with van der Waals surface area (Å²) in [6.07, 6.45) is -0.625. The van der Waals surface area contributed by atoms with Gasteiger partial charge in [0, 0.05) is 42.9 Å². The van der Waals surface area contributed by atoms with Crippen LogP contribution in [-0.2, 0) is 10.0 Å². The number of nitrogens with zero attached hydrogens (tertiary/aromatic N) is 2. The summed E-state index contributed by atoms with van der Waals surface area (Å²) in [4.78, 5) is 14.4. The first kappa shape index (κ1) is 29.3. The molecule has 0 saturated heterocycles. The minimum absolute atomic E-state index is 0.0500. The molecule has 11 heteroatoms. The summed E-state index contributed by atoms with van der Waals surface area (Å²) < 4.78 is 54.8. The zero-order valence-electron chi connectivity index (χ0n) is 22.9. The number of hydrogen-bond acceptors (Lipinski definition) is 6. The zero-order chi connectivity index (χ0) is 29.0. The average Bonchev–Trinajstić information content (AvgIpc) is 2.94. The number of amides is 2. The fourth-order valence-corrected chi connectivity index (χ4v) is 6.40. The van der Waals surface area contributed by atoms with E-state index in [2.05, 4.69) is 5.32 Å². The lowest BCUT2D eigenvalue weighted by Gasteiger charge is -2.37. The molecule has 0 fully saturated rings. The van der Waals surface area contributed by atoms with E-state index in [0.717, 1.165) is 0 Å². The van der Waals surface area contributed by atoms with Gasteiger partial charge in [-0.2, -0.15) is 4.31 Å². The summed E-state index contributed by atoms with van der Waals surface area (Å²) in [6.45, 7) is 3.28. The normalized spacial score (nSPS) is 19.4. The van der Waals surface area contributed by atoms with E-state index in [-0.39, 0.29) is 42.3 Å². The Bertz CT molecular complexity index is 1470. The maximum Gasteiger partial charge on any atom is 0.321 e. The van der Waals surface area contributed by atoms with E-state index in [1.165, 1.54) is 40.6 Å². The maximum absolute atomic E-state index is 14.6. The van der Waals surface area contributed by atoms with Crippen molar-refractivity contribution >= 4 is 21.7 Å². The van der Waals surface area contributed by atoms with Crippen molar-refractivity contribution in [3.05, 3.63) is 72.5 Å². The van der Waals surface area contributed by atoms with Crippen molar-refractivity contribution in [3.8, 4) is 22.6 Å². The lowest BCUT2D eigenvalue weighted by Crippen LogP contribution is -2.50. The highest BCUT2D eigenvalue weighted by molar-refractivity contribution is 7.89. The highest BCUT2D eigenvalue weighted by atomic mass is 32.2. The molecule has 1 aliphatic heterocycles. The number of fused-ring (bicyclic) bond motifs is 1. The molecule has 40 heavy (non-hydrogen) atoms. The number of sulfonamides is 1. The van der Waals surface area contributed by atoms with E-state index in [1.54, 1.807) is 56.4 Å². The number of methoxy groups -OCH3 is 1. The van der Waals surface area contributed by atoms with Crippen LogP contribution >= 0.6 is 0 Å². The third-order valence-electron chi connectivity index (χ3n) is 6.97. The summed E-state index contributed by atoms with van der Waals surface area (Å²) in [6, 6.07) is 16.5. The number of aliphatic hydroxyl groups is 1. The Hall–Kier alpha value is -3.67. The van der Waals surface area contributed by atoms with Crippen molar-refractivity contribution in [2.45, 2.75) is 30.9 Å². The number of halogens is 1. The van der Waals surface area contributed by atoms with Crippen molar-refractivity contribution in [2.75, 3.05) is 39.2 Å². The first-order valence-electron chi connectivity index (χ1n) is 12.9. The molecule has 0 aromatic heterocycles. The van der Waals surface area contributed by atoms with Crippen molar-refractivity contribution in [3.63, 3.8) is 0 Å². The summed E-state index contributed by atoms with van der Waals surface area (Å²) >= 11 is 0. The molecule has 4 rings (SSSR count). The predicted octanol–water partition coefficient (Wildman–Crippen LogP) is 4.43. The smallest absolute Gasteiger partial charge is 0.321 e. The van der Waals surface area contributed by atoms with E-state index in [4.69, 9.17) is 9.47 Å². The first-order valence-corrected chi connectivity index (χ1v) is 14.3. The van der Waals surface area contributed by atoms with E-state index in [9.17, 15) is 22.7 Å². The highest BCUT2D eigenvalue weighted by Gasteiger charge is 2.38. The number of rotatable bonds is 7. The molecule has 0 spiro atoms. The molecule has 2 N–H and O–H groups in total. The van der Waals surface area contributed by atoms with Gasteiger partial charge in [-0.25, -0.2) is 17.6 Å². The van der Waals surface area contributed by atoms with Crippen LogP contribution in [-0.4, -0.2) is 74.8 Å². The van der Waals surface area contributed by atoms with Gasteiger partial charge in [-0.1, -0.05) is 37.3 Å². The molecule has 1 aliphatic rings. The van der Waals surface area contributed by atoms with E-state index >= 15 is 0 Å². The third-order valence-corrected chi connectivity index (χ3v) is 8.99. The fraction of sp³-hybridized carbons (Fsp3) is 0.345. The molecule has 3 atom stereocenters. The molecule has 1 heterocycles. The number of aliphatic hydroxyl groups excluding tert-OH is 1. The average molecular weight is 572 g/mol. The molecule has 2 amide bonds. The monoisotopic (exact) mass is 571 g/mol. The van der Waals surface area contributed by atoms with Crippen molar-refractivity contribution < 1.29 is 32.2 Å². The minimum atomic E-state index is -4.06. The standard InChI is InChI=1S/C29H34FN3O6S/c1-19-16-33(20(2)18-34)40(36,37)28-13-12-21(24-10-5-6-11-25(24)30)14-26(28)39-27(19)17-32(3)29(35)31-22-8-7-9-23(15-22)38-4/h5-15,19-20,27,34H,16-18H2,1-4H3,(H,31,35)/t19-,20-,27-/m1/s1. The van der Waals surface area contributed by atoms with Crippen LogP contribution in [0.15, 0.2) is 71.6 Å². The molecule has 0 radical (unpaired) electrons. The number of likely N-dealkylation sites (N-methyl/N-ethyl adjacent to an activating group) is 1. The SMILES string of the molecule is COc1cccc(NC(=O)N(C)C[C@H]2Oc3cc(-c4ccccc4F)ccc3S(=O)(=O)N([C@H](C)CO)C[C@H]2C)c1. The van der Waals surface area contributed by atoms with Crippen LogP contribution in [0.5, 0.6) is 11.5 Å². The zero-order valence-corrected chi connectivity index (χ0v) is 23.7. The third kappa shape index (κ3) is 6.22. The number of nitrogens with one attached hydrogen (secondary N) is 1. The number of hydrogen-bond donors (Lipinski definition) is 2. The Kier molecular flexibility index (Phi) is 8.97. The van der Waals surface area contributed by atoms with Gasteiger partial charge in [0.2, 0.25) is 10.0 Å². The molecule has 3 aromatic carbocycles. The van der Waals surface area contributed by atoms with Gasteiger partial charge < -0.3 is 24.8 Å². The number of carbonyl (C=O) groups excluding carboxylic acids is 1. The van der Waals surface area contributed by atoms with Crippen molar-refractivity contribution in [2.24, 2.45) is 5.92 Å². The number of anilines is 1. The molecule has 3 aromatic rings. The Labute approximate surface area is 234 Å². The second-order valence-corrected chi connectivity index (χ2v) is 11.8. The second kappa shape index (κ2) is 12.2. The van der Waals surface area contributed by atoms with Gasteiger partial charge in [-0.3, -0.25) is 0 Å².